The summed E-state index contributed by atoms with van der Waals surface area (Å²) < 4.78 is 0. The molecule has 0 radical (unpaired) electrons. The summed E-state index contributed by atoms with van der Waals surface area (Å²) in [5, 5.41) is 13.6. The van der Waals surface area contributed by atoms with Gasteiger partial charge in [0.2, 0.25) is 5.78 Å². The molecule has 3 aliphatic carbocycles. The van der Waals surface area contributed by atoms with Crippen LogP contribution in [0.3, 0.4) is 0 Å². The number of hydrogen-bond acceptors (Lipinski definition) is 3. The third-order valence-electron chi connectivity index (χ3n) is 6.77. The summed E-state index contributed by atoms with van der Waals surface area (Å²) in [5.41, 5.74) is 2.58. The molecule has 1 fully saturated rings. The predicted octanol–water partition coefficient (Wildman–Crippen LogP) is 3.56. The Balaban J connectivity index is 2.00. The highest BCUT2D eigenvalue weighted by Gasteiger charge is 2.58. The van der Waals surface area contributed by atoms with E-state index in [0.717, 1.165) is 42.5 Å². The van der Waals surface area contributed by atoms with Gasteiger partial charge in [-0.25, -0.2) is 0 Å². The van der Waals surface area contributed by atoms with E-state index in [1.54, 1.807) is 0 Å². The number of carbonyl (C=O) groups is 2. The van der Waals surface area contributed by atoms with Gasteiger partial charge in [-0.05, 0) is 42.6 Å². The maximum absolute atomic E-state index is 12.9. The van der Waals surface area contributed by atoms with E-state index in [0.29, 0.717) is 5.57 Å². The predicted molar refractivity (Wildman–Crippen MR) is 90.9 cm³/mol. The molecule has 0 aromatic heterocycles. The monoisotopic (exact) mass is 327 g/mol. The van der Waals surface area contributed by atoms with Gasteiger partial charge in [-0.2, -0.15) is 0 Å². The van der Waals surface area contributed by atoms with Crippen LogP contribution in [0.2, 0.25) is 0 Å². The van der Waals surface area contributed by atoms with Crippen LogP contribution in [0, 0.1) is 22.7 Å². The Kier molecular flexibility index (Phi) is 3.02. The average Bonchev–Trinajstić information content (AvgIpc) is 2.88. The van der Waals surface area contributed by atoms with Crippen LogP contribution in [0.4, 0.5) is 0 Å². The Morgan fingerprint density at radius 1 is 1.21 bits per heavy atom. The minimum atomic E-state index is -0.478. The number of aliphatic hydroxyl groups excluding tert-OH is 1. The van der Waals surface area contributed by atoms with Crippen LogP contribution < -0.4 is 5.32 Å². The van der Waals surface area contributed by atoms with Crippen LogP contribution in [0.5, 0.6) is 0 Å². The van der Waals surface area contributed by atoms with Crippen LogP contribution in [0.15, 0.2) is 34.3 Å². The number of fused-ring (bicyclic) bond motifs is 1. The third-order valence-corrected chi connectivity index (χ3v) is 6.77. The SMILES string of the molecule is CC(C)C1=C(O)C(=O)C2=C3NC(=O)C4=CCCC(C)(CCC21C)C43. The highest BCUT2D eigenvalue weighted by molar-refractivity contribution is 6.14. The van der Waals surface area contributed by atoms with Gasteiger partial charge in [0.25, 0.3) is 5.91 Å². The van der Waals surface area contributed by atoms with Gasteiger partial charge >= 0.3 is 0 Å². The van der Waals surface area contributed by atoms with Gasteiger partial charge in [0.15, 0.2) is 5.76 Å². The standard InChI is InChI=1S/C20H25NO3/c1-10(2)12-16(22)17(23)14-15-13-11(18(24)21-15)6-5-7-19(13,3)8-9-20(12,14)4/h6,10,13,22H,5,7-9H2,1-4H3,(H,21,24). The van der Waals surface area contributed by atoms with Crippen molar-refractivity contribution < 1.29 is 14.7 Å². The number of aliphatic hydroxyl groups is 1. The molecule has 1 saturated heterocycles. The highest BCUT2D eigenvalue weighted by Crippen LogP contribution is 2.61. The van der Waals surface area contributed by atoms with E-state index in [9.17, 15) is 14.7 Å². The van der Waals surface area contributed by atoms with Crippen molar-refractivity contribution in [2.24, 2.45) is 22.7 Å². The van der Waals surface area contributed by atoms with Crippen LogP contribution in [0.25, 0.3) is 0 Å². The van der Waals surface area contributed by atoms with Crippen molar-refractivity contribution in [2.45, 2.75) is 53.4 Å². The summed E-state index contributed by atoms with van der Waals surface area (Å²) in [6.07, 6.45) is 5.77. The highest BCUT2D eigenvalue weighted by atomic mass is 16.3. The molecule has 4 aliphatic rings. The zero-order valence-corrected chi connectivity index (χ0v) is 14.8. The van der Waals surface area contributed by atoms with Crippen LogP contribution in [0.1, 0.15) is 53.4 Å². The van der Waals surface area contributed by atoms with E-state index >= 15 is 0 Å². The van der Waals surface area contributed by atoms with Gasteiger partial charge in [0, 0.05) is 28.2 Å². The molecule has 128 valence electrons. The van der Waals surface area contributed by atoms with E-state index in [4.69, 9.17) is 0 Å². The van der Waals surface area contributed by atoms with Crippen LogP contribution in [-0.4, -0.2) is 16.8 Å². The molecule has 3 unspecified atom stereocenters. The second-order valence-electron chi connectivity index (χ2n) is 8.61. The molecular formula is C20H25NO3. The van der Waals surface area contributed by atoms with E-state index < -0.39 is 5.41 Å². The number of hydrogen-bond donors (Lipinski definition) is 2. The molecule has 0 aromatic carbocycles. The molecule has 24 heavy (non-hydrogen) atoms. The molecule has 4 rings (SSSR count). The fourth-order valence-corrected chi connectivity index (χ4v) is 5.68. The van der Waals surface area contributed by atoms with Gasteiger partial charge in [-0.1, -0.05) is 33.8 Å². The summed E-state index contributed by atoms with van der Waals surface area (Å²) in [4.78, 5) is 25.5. The van der Waals surface area contributed by atoms with Crippen molar-refractivity contribution in [1.29, 1.82) is 0 Å². The number of amides is 1. The maximum atomic E-state index is 12.9. The van der Waals surface area contributed by atoms with E-state index in [1.165, 1.54) is 0 Å². The number of ketones is 1. The Morgan fingerprint density at radius 3 is 2.58 bits per heavy atom. The van der Waals surface area contributed by atoms with Gasteiger partial charge in [-0.3, -0.25) is 9.59 Å². The summed E-state index contributed by atoms with van der Waals surface area (Å²) in [6, 6.07) is 0. The molecule has 0 spiro atoms. The van der Waals surface area contributed by atoms with E-state index in [1.807, 2.05) is 19.9 Å². The molecule has 4 nitrogen and oxygen atoms in total. The molecule has 1 heterocycles. The zero-order chi connectivity index (χ0) is 17.4. The number of carbonyl (C=O) groups excluding carboxylic acids is 2. The Morgan fingerprint density at radius 2 is 1.92 bits per heavy atom. The first-order valence-electron chi connectivity index (χ1n) is 8.95. The Bertz CT molecular complexity index is 770. The lowest BCUT2D eigenvalue weighted by atomic mass is 9.64. The number of nitrogens with one attached hydrogen (secondary N) is 1. The third kappa shape index (κ3) is 1.69. The van der Waals surface area contributed by atoms with Crippen molar-refractivity contribution in [2.75, 3.05) is 0 Å². The lowest BCUT2D eigenvalue weighted by Gasteiger charge is -2.38. The molecule has 4 heteroatoms. The smallest absolute Gasteiger partial charge is 0.251 e. The number of rotatable bonds is 1. The topological polar surface area (TPSA) is 66.4 Å². The fourth-order valence-electron chi connectivity index (χ4n) is 5.68. The van der Waals surface area contributed by atoms with E-state index in [-0.39, 0.29) is 34.7 Å². The first-order chi connectivity index (χ1) is 11.2. The zero-order valence-electron chi connectivity index (χ0n) is 14.8. The summed E-state index contributed by atoms with van der Waals surface area (Å²) in [5.74, 6) is -0.382. The van der Waals surface area contributed by atoms with Crippen molar-refractivity contribution in [3.63, 3.8) is 0 Å². The van der Waals surface area contributed by atoms with Crippen LogP contribution in [-0.2, 0) is 9.59 Å². The van der Waals surface area contributed by atoms with Crippen molar-refractivity contribution in [1.82, 2.24) is 5.32 Å². The first kappa shape index (κ1) is 15.7. The van der Waals surface area contributed by atoms with Gasteiger partial charge in [0.1, 0.15) is 0 Å². The fraction of sp³-hybridized carbons (Fsp3) is 0.600. The summed E-state index contributed by atoms with van der Waals surface area (Å²) >= 11 is 0. The van der Waals surface area contributed by atoms with Gasteiger partial charge in [-0.15, -0.1) is 0 Å². The normalized spacial score (nSPS) is 38.2. The molecule has 0 saturated carbocycles. The van der Waals surface area contributed by atoms with Crippen molar-refractivity contribution in [3.05, 3.63) is 34.3 Å². The first-order valence-corrected chi connectivity index (χ1v) is 8.95. The minimum absolute atomic E-state index is 0.00306. The average molecular weight is 327 g/mol. The molecule has 1 amide bonds. The minimum Gasteiger partial charge on any atom is -0.504 e. The Hall–Kier alpha value is -1.84. The van der Waals surface area contributed by atoms with Crippen LogP contribution >= 0.6 is 0 Å². The molecule has 2 N–H and O–H groups in total. The summed E-state index contributed by atoms with van der Waals surface area (Å²) in [7, 11) is 0. The van der Waals surface area contributed by atoms with Gasteiger partial charge < -0.3 is 10.4 Å². The summed E-state index contributed by atoms with van der Waals surface area (Å²) in [6.45, 7) is 8.37. The second kappa shape index (κ2) is 4.62. The maximum Gasteiger partial charge on any atom is 0.251 e. The molecule has 0 aromatic rings. The Labute approximate surface area is 142 Å². The second-order valence-corrected chi connectivity index (χ2v) is 8.61. The molecule has 0 bridgehead atoms. The molecule has 3 atom stereocenters. The lowest BCUT2D eigenvalue weighted by Crippen LogP contribution is -2.31. The quantitative estimate of drug-likeness (QED) is 0.774. The van der Waals surface area contributed by atoms with Crippen molar-refractivity contribution in [3.8, 4) is 0 Å². The number of Topliss-reactive ketones (excluding diaryl/α,β-unsaturated/α-hetero) is 1. The van der Waals surface area contributed by atoms with Gasteiger partial charge in [0.05, 0.1) is 0 Å². The largest absolute Gasteiger partial charge is 0.504 e. The molecule has 1 aliphatic heterocycles. The van der Waals surface area contributed by atoms with E-state index in [2.05, 4.69) is 19.2 Å². The number of allylic oxidation sites excluding steroid dienone is 4. The van der Waals surface area contributed by atoms with Crippen molar-refractivity contribution >= 4 is 11.7 Å². The molecular weight excluding hydrogens is 302 g/mol. The lowest BCUT2D eigenvalue weighted by molar-refractivity contribution is -0.116.